The molecule has 1 saturated heterocycles. The predicted molar refractivity (Wildman–Crippen MR) is 265 cm³/mol. The molecule has 7 atom stereocenters. The van der Waals surface area contributed by atoms with Gasteiger partial charge in [-0.2, -0.15) is 0 Å². The highest BCUT2D eigenvalue weighted by Gasteiger charge is 2.38. The SMILES string of the molecule is CC[C@H](C)[C@@H]1NC(=O)[C@H](Cc2ccc(O)cc2)NC(=O)CCSSC[C@@H](C(=O)N(CC(=O)N[C@@H](CC(C)C)C(=O)NCC(N)=O)C2CCCCC2)NC(=O)[C@H](CC(N)=O)NC(=O)[C@H](CCC(N)=O)NC1=O. The molecule has 11 amide bonds. The number of nitrogens with one attached hydrogen (secondary N) is 7. The van der Waals surface area contributed by atoms with Gasteiger partial charge in [0, 0.05) is 36.8 Å². The highest BCUT2D eigenvalue weighted by Crippen LogP contribution is 2.27. The van der Waals surface area contributed by atoms with E-state index in [-0.39, 0.29) is 48.9 Å². The molecule has 0 spiro atoms. The molecular formula is C46H71N11O12S2. The number of carbonyl (C=O) groups is 11. The van der Waals surface area contributed by atoms with Crippen LogP contribution in [0.2, 0.25) is 0 Å². The summed E-state index contributed by atoms with van der Waals surface area (Å²) in [5.74, 6) is -9.59. The van der Waals surface area contributed by atoms with E-state index >= 15 is 0 Å². The second kappa shape index (κ2) is 29.9. The Balaban J connectivity index is 2.08. The second-order valence-corrected chi connectivity index (χ2v) is 20.9. The monoisotopic (exact) mass is 1030 g/mol. The van der Waals surface area contributed by atoms with Crippen molar-refractivity contribution in [3.05, 3.63) is 29.8 Å². The summed E-state index contributed by atoms with van der Waals surface area (Å²) in [6, 6.07) is -2.83. The van der Waals surface area contributed by atoms with Gasteiger partial charge >= 0.3 is 0 Å². The van der Waals surface area contributed by atoms with E-state index < -0.39 is 139 Å². The van der Waals surface area contributed by atoms with E-state index in [9.17, 15) is 57.8 Å². The Hall–Kier alpha value is -6.11. The number of phenolic OH excluding ortho intramolecular Hbond substituents is 1. The molecule has 0 unspecified atom stereocenters. The third-order valence-corrected chi connectivity index (χ3v) is 14.3. The lowest BCUT2D eigenvalue weighted by Crippen LogP contribution is -2.61. The normalized spacial score (nSPS) is 22.2. The number of primary amides is 3. The van der Waals surface area contributed by atoms with Gasteiger partial charge in [-0.3, -0.25) is 52.7 Å². The van der Waals surface area contributed by atoms with Gasteiger partial charge in [0.25, 0.3) is 0 Å². The maximum absolute atomic E-state index is 14.9. The first-order valence-electron chi connectivity index (χ1n) is 23.8. The number of phenols is 1. The van der Waals surface area contributed by atoms with Crippen LogP contribution in [-0.4, -0.2) is 142 Å². The van der Waals surface area contributed by atoms with Gasteiger partial charge < -0.3 is 64.4 Å². The number of rotatable bonds is 19. The van der Waals surface area contributed by atoms with Crippen molar-refractivity contribution in [3.8, 4) is 5.75 Å². The first kappa shape index (κ1) is 59.2. The highest BCUT2D eigenvalue weighted by atomic mass is 33.1. The van der Waals surface area contributed by atoms with E-state index in [0.29, 0.717) is 24.8 Å². The van der Waals surface area contributed by atoms with Crippen LogP contribution in [0.1, 0.15) is 104 Å². The molecule has 1 heterocycles. The van der Waals surface area contributed by atoms with Gasteiger partial charge in [-0.1, -0.05) is 87.1 Å². The van der Waals surface area contributed by atoms with Crippen molar-refractivity contribution in [2.24, 2.45) is 29.0 Å². The number of carbonyl (C=O) groups excluding carboxylic acids is 11. The zero-order valence-corrected chi connectivity index (χ0v) is 42.4. The maximum atomic E-state index is 14.9. The van der Waals surface area contributed by atoms with Gasteiger partial charge in [0.15, 0.2) is 0 Å². The molecule has 71 heavy (non-hydrogen) atoms. The van der Waals surface area contributed by atoms with Gasteiger partial charge in [-0.15, -0.1) is 0 Å². The summed E-state index contributed by atoms with van der Waals surface area (Å²) in [5.41, 5.74) is 16.8. The van der Waals surface area contributed by atoms with Gasteiger partial charge in [0.1, 0.15) is 42.0 Å². The van der Waals surface area contributed by atoms with Crippen LogP contribution >= 0.6 is 21.6 Å². The van der Waals surface area contributed by atoms with Crippen LogP contribution < -0.4 is 54.4 Å². The zero-order chi connectivity index (χ0) is 52.8. The Kier molecular flexibility index (Phi) is 25.0. The molecule has 1 saturated carbocycles. The quantitative estimate of drug-likeness (QED) is 0.0713. The number of nitrogens with two attached hydrogens (primary N) is 3. The lowest BCUT2D eigenvalue weighted by molar-refractivity contribution is -0.143. The minimum atomic E-state index is -1.73. The number of aromatic hydroxyl groups is 1. The summed E-state index contributed by atoms with van der Waals surface area (Å²) in [4.78, 5) is 149. The van der Waals surface area contributed by atoms with Gasteiger partial charge in [0.05, 0.1) is 19.5 Å². The smallest absolute Gasteiger partial charge is 0.246 e. The van der Waals surface area contributed by atoms with E-state index in [1.54, 1.807) is 26.0 Å². The zero-order valence-electron chi connectivity index (χ0n) is 40.8. The van der Waals surface area contributed by atoms with Crippen molar-refractivity contribution in [2.45, 2.75) is 147 Å². The van der Waals surface area contributed by atoms with Crippen LogP contribution in [0.4, 0.5) is 0 Å². The third-order valence-electron chi connectivity index (χ3n) is 11.9. The summed E-state index contributed by atoms with van der Waals surface area (Å²) < 4.78 is 0. The van der Waals surface area contributed by atoms with E-state index in [2.05, 4.69) is 37.2 Å². The van der Waals surface area contributed by atoms with Gasteiger partial charge in [-0.25, -0.2) is 0 Å². The number of amides is 11. The molecule has 0 bridgehead atoms. The number of hydrogen-bond acceptors (Lipinski definition) is 14. The molecule has 2 aliphatic rings. The van der Waals surface area contributed by atoms with E-state index in [1.165, 1.54) is 17.0 Å². The highest BCUT2D eigenvalue weighted by molar-refractivity contribution is 8.76. The Morgan fingerprint density at radius 1 is 0.775 bits per heavy atom. The van der Waals surface area contributed by atoms with Crippen LogP contribution in [0, 0.1) is 11.8 Å². The largest absolute Gasteiger partial charge is 0.508 e. The van der Waals surface area contributed by atoms with Crippen LogP contribution in [0.5, 0.6) is 5.75 Å². The first-order valence-corrected chi connectivity index (χ1v) is 26.3. The fraction of sp³-hybridized carbons (Fsp3) is 0.630. The average Bonchev–Trinajstić information content (AvgIpc) is 3.31. The van der Waals surface area contributed by atoms with Crippen LogP contribution in [-0.2, 0) is 59.2 Å². The molecule has 3 rings (SSSR count). The first-order chi connectivity index (χ1) is 33.6. The number of benzene rings is 1. The molecule has 2 fully saturated rings. The standard InChI is InChI=1S/C46H71N11O12S2/c1-5-26(4)40-45(68)53-30(15-16-35(47)59)42(65)54-33(21-36(48)60)43(66)55-34(24-71-70-18-17-38(62)51-32(44(67)56-40)20-27-11-13-29(58)14-12-27)46(69)57(28-9-7-6-8-10-28)23-39(63)52-31(19-25(2)3)41(64)50-22-37(49)61/h11-14,25-26,28,30-34,40,58H,5-10,15-24H2,1-4H3,(H2,47,59)(H2,48,60)(H2,49,61)(H,50,64)(H,51,62)(H,52,63)(H,53,68)(H,54,65)(H,55,66)(H,56,67)/t26-,30-,31-,32-,33-,34-,40-/m0/s1. The Morgan fingerprint density at radius 3 is 2.01 bits per heavy atom. The predicted octanol–water partition coefficient (Wildman–Crippen LogP) is -1.38. The Bertz CT molecular complexity index is 2060. The molecule has 0 aromatic heterocycles. The van der Waals surface area contributed by atoms with Crippen molar-refractivity contribution in [1.29, 1.82) is 0 Å². The van der Waals surface area contributed by atoms with Crippen molar-refractivity contribution >= 4 is 86.6 Å². The van der Waals surface area contributed by atoms with E-state index in [4.69, 9.17) is 17.2 Å². The Labute approximate surface area is 421 Å². The molecule has 394 valence electrons. The summed E-state index contributed by atoms with van der Waals surface area (Å²) >= 11 is 0. The fourth-order valence-electron chi connectivity index (χ4n) is 7.93. The number of hydrogen-bond donors (Lipinski definition) is 11. The van der Waals surface area contributed by atoms with Crippen LogP contribution in [0.3, 0.4) is 0 Å². The summed E-state index contributed by atoms with van der Waals surface area (Å²) in [6.07, 6.45) is 2.14. The molecule has 1 aromatic rings. The van der Waals surface area contributed by atoms with Crippen molar-refractivity contribution < 1.29 is 57.8 Å². The Morgan fingerprint density at radius 2 is 1.41 bits per heavy atom. The van der Waals surface area contributed by atoms with Crippen LogP contribution in [0.25, 0.3) is 0 Å². The molecule has 1 aliphatic heterocycles. The van der Waals surface area contributed by atoms with E-state index in [0.717, 1.165) is 40.9 Å². The minimum absolute atomic E-state index is 0.0241. The summed E-state index contributed by atoms with van der Waals surface area (Å²) in [6.45, 7) is 6.09. The lowest BCUT2D eigenvalue weighted by Gasteiger charge is -2.37. The second-order valence-electron chi connectivity index (χ2n) is 18.3. The summed E-state index contributed by atoms with van der Waals surface area (Å²) in [7, 11) is 2.27. The molecular weight excluding hydrogens is 963 g/mol. The average molecular weight is 1030 g/mol. The molecule has 14 N–H and O–H groups in total. The topological polar surface area (TPSA) is 374 Å². The van der Waals surface area contributed by atoms with Crippen molar-refractivity contribution in [3.63, 3.8) is 0 Å². The molecule has 1 aromatic carbocycles. The molecule has 25 heteroatoms. The minimum Gasteiger partial charge on any atom is -0.508 e. The lowest BCUT2D eigenvalue weighted by atomic mass is 9.93. The fourth-order valence-corrected chi connectivity index (χ4v) is 10.1. The number of nitrogens with zero attached hydrogens (tertiary/aromatic N) is 1. The van der Waals surface area contributed by atoms with Crippen molar-refractivity contribution in [1.82, 2.24) is 42.1 Å². The maximum Gasteiger partial charge on any atom is 0.246 e. The molecule has 23 nitrogen and oxygen atoms in total. The van der Waals surface area contributed by atoms with Crippen molar-refractivity contribution in [2.75, 3.05) is 24.6 Å². The third kappa shape index (κ3) is 21.0. The summed E-state index contributed by atoms with van der Waals surface area (Å²) in [5, 5.41) is 28.0. The van der Waals surface area contributed by atoms with Crippen LogP contribution in [0.15, 0.2) is 24.3 Å². The molecule has 1 aliphatic carbocycles. The molecule has 0 radical (unpaired) electrons. The van der Waals surface area contributed by atoms with E-state index in [1.807, 2.05) is 13.8 Å². The van der Waals surface area contributed by atoms with Gasteiger partial charge in [0.2, 0.25) is 65.0 Å². The van der Waals surface area contributed by atoms with Gasteiger partial charge in [-0.05, 0) is 55.2 Å².